The molecule has 216 valence electrons. The third-order valence-electron chi connectivity index (χ3n) is 8.15. The van der Waals surface area contributed by atoms with Gasteiger partial charge < -0.3 is 14.4 Å². The minimum atomic E-state index is -1.00. The number of carbonyl (C=O) groups is 1. The van der Waals surface area contributed by atoms with Crippen LogP contribution in [-0.2, 0) is 19.6 Å². The molecule has 0 amide bonds. The molecule has 0 saturated heterocycles. The molecule has 3 aromatic carbocycles. The molecule has 9 heteroatoms. The second-order valence-electron chi connectivity index (χ2n) is 11.3. The fraction of sp³-hybridized carbons (Fsp3) is 0.235. The maximum Gasteiger partial charge on any atom is 0.335 e. The Labute approximate surface area is 247 Å². The molecule has 7 nitrogen and oxygen atoms in total. The molecule has 6 rings (SSSR count). The van der Waals surface area contributed by atoms with Gasteiger partial charge in [-0.3, -0.25) is 0 Å². The van der Waals surface area contributed by atoms with Gasteiger partial charge in [0.15, 0.2) is 0 Å². The average molecular weight is 579 g/mol. The first-order valence-electron chi connectivity index (χ1n) is 14.0. The van der Waals surface area contributed by atoms with E-state index in [2.05, 4.69) is 11.9 Å². The van der Waals surface area contributed by atoms with Gasteiger partial charge in [0.2, 0.25) is 5.88 Å². The Morgan fingerprint density at radius 3 is 2.51 bits per heavy atom. The lowest BCUT2D eigenvalue weighted by atomic mass is 9.70. The second kappa shape index (κ2) is 11.3. The van der Waals surface area contributed by atoms with Gasteiger partial charge in [0, 0.05) is 30.2 Å². The van der Waals surface area contributed by atoms with Crippen molar-refractivity contribution < 1.29 is 23.4 Å². The number of carboxylic acids is 1. The predicted octanol–water partition coefficient (Wildman–Crippen LogP) is 7.31. The first kappa shape index (κ1) is 28.0. The summed E-state index contributed by atoms with van der Waals surface area (Å²) in [6.45, 7) is 2.83. The van der Waals surface area contributed by atoms with Crippen LogP contribution < -0.4 is 4.74 Å². The third kappa shape index (κ3) is 5.82. The third-order valence-corrected chi connectivity index (χ3v) is 8.15. The van der Waals surface area contributed by atoms with E-state index in [0.717, 1.165) is 30.8 Å². The van der Waals surface area contributed by atoms with Crippen LogP contribution in [0.25, 0.3) is 22.3 Å². The van der Waals surface area contributed by atoms with E-state index in [-0.39, 0.29) is 41.0 Å². The van der Waals surface area contributed by atoms with Crippen molar-refractivity contribution in [3.8, 4) is 23.2 Å². The van der Waals surface area contributed by atoms with E-state index in [1.165, 1.54) is 24.3 Å². The van der Waals surface area contributed by atoms with Gasteiger partial charge in [-0.1, -0.05) is 37.6 Å². The highest BCUT2D eigenvalue weighted by Gasteiger charge is 2.33. The van der Waals surface area contributed by atoms with Crippen LogP contribution in [0.3, 0.4) is 0 Å². The van der Waals surface area contributed by atoms with Crippen molar-refractivity contribution in [1.82, 2.24) is 14.5 Å². The summed E-state index contributed by atoms with van der Waals surface area (Å²) in [5.41, 5.74) is 3.73. The van der Waals surface area contributed by atoms with Gasteiger partial charge in [0.25, 0.3) is 0 Å². The van der Waals surface area contributed by atoms with E-state index < -0.39 is 17.6 Å². The molecule has 0 aliphatic heterocycles. The van der Waals surface area contributed by atoms with Gasteiger partial charge in [-0.15, -0.1) is 0 Å². The first-order chi connectivity index (χ1) is 20.7. The number of fused-ring (bicyclic) bond motifs is 1. The zero-order chi connectivity index (χ0) is 30.1. The number of ether oxygens (including phenoxy) is 1. The van der Waals surface area contributed by atoms with Crippen molar-refractivity contribution in [2.75, 3.05) is 0 Å². The standard InChI is InChI=1S/C34H28F2N4O3/c1-34(12-3-13-34)20-40-30-16-24(33(41)42)10-11-29(30)38-31(40)17-22-8-9-23(15-27(22)36)28-4-2-5-32(39-28)43-19-25-7-6-21(18-37)14-26(25)35/h2,4-11,14-16H,3,12-13,17,19-20H2,1H3,(H,41,42). The number of halogens is 2. The van der Waals surface area contributed by atoms with Crippen LogP contribution in [0.5, 0.6) is 5.88 Å². The summed E-state index contributed by atoms with van der Waals surface area (Å²) in [6, 6.07) is 21.0. The molecule has 1 N–H and O–H groups in total. The van der Waals surface area contributed by atoms with Crippen LogP contribution in [0.2, 0.25) is 0 Å². The molecule has 1 saturated carbocycles. The lowest BCUT2D eigenvalue weighted by Crippen LogP contribution is -2.31. The summed E-state index contributed by atoms with van der Waals surface area (Å²) in [5, 5.41) is 18.5. The van der Waals surface area contributed by atoms with Gasteiger partial charge in [0.05, 0.1) is 33.9 Å². The Balaban J connectivity index is 1.24. The fourth-order valence-corrected chi connectivity index (χ4v) is 5.50. The lowest BCUT2D eigenvalue weighted by molar-refractivity contribution is 0.0697. The van der Waals surface area contributed by atoms with Crippen molar-refractivity contribution in [3.05, 3.63) is 113 Å². The summed E-state index contributed by atoms with van der Waals surface area (Å²) < 4.78 is 37.5. The van der Waals surface area contributed by atoms with Gasteiger partial charge in [0.1, 0.15) is 24.1 Å². The van der Waals surface area contributed by atoms with Crippen molar-refractivity contribution in [3.63, 3.8) is 0 Å². The summed E-state index contributed by atoms with van der Waals surface area (Å²) in [7, 11) is 0. The fourth-order valence-electron chi connectivity index (χ4n) is 5.50. The highest BCUT2D eigenvalue weighted by molar-refractivity contribution is 5.92. The Kier molecular flexibility index (Phi) is 7.36. The normalized spacial score (nSPS) is 13.8. The average Bonchev–Trinajstić information content (AvgIpc) is 3.32. The zero-order valence-electron chi connectivity index (χ0n) is 23.5. The van der Waals surface area contributed by atoms with Crippen LogP contribution in [-0.4, -0.2) is 25.6 Å². The van der Waals surface area contributed by atoms with Crippen molar-refractivity contribution in [2.45, 2.75) is 45.8 Å². The van der Waals surface area contributed by atoms with Gasteiger partial charge in [-0.05, 0) is 66.3 Å². The SMILES string of the molecule is CC1(Cn2c(Cc3ccc(-c4cccc(OCc5ccc(C#N)cc5F)n4)cc3F)nc3ccc(C(=O)O)cc32)CCC1. The van der Waals surface area contributed by atoms with Crippen molar-refractivity contribution in [2.24, 2.45) is 5.41 Å². The molecule has 1 fully saturated rings. The predicted molar refractivity (Wildman–Crippen MR) is 157 cm³/mol. The quantitative estimate of drug-likeness (QED) is 0.197. The molecule has 0 spiro atoms. The summed E-state index contributed by atoms with van der Waals surface area (Å²) in [4.78, 5) is 20.9. The highest BCUT2D eigenvalue weighted by atomic mass is 19.1. The smallest absolute Gasteiger partial charge is 0.335 e. The number of nitrogens with zero attached hydrogens (tertiary/aromatic N) is 4. The number of hydrogen-bond acceptors (Lipinski definition) is 5. The molecular weight excluding hydrogens is 550 g/mol. The number of carboxylic acid groups (broad SMARTS) is 1. The lowest BCUT2D eigenvalue weighted by Gasteiger charge is -2.39. The number of rotatable bonds is 9. The minimum absolute atomic E-state index is 0.0741. The Morgan fingerprint density at radius 2 is 1.81 bits per heavy atom. The Morgan fingerprint density at radius 1 is 1.02 bits per heavy atom. The number of pyridine rings is 1. The minimum Gasteiger partial charge on any atom is -0.478 e. The molecule has 1 aliphatic rings. The van der Waals surface area contributed by atoms with Crippen molar-refractivity contribution >= 4 is 17.0 Å². The number of nitriles is 1. The van der Waals surface area contributed by atoms with Gasteiger partial charge in [-0.2, -0.15) is 5.26 Å². The summed E-state index contributed by atoms with van der Waals surface area (Å²) in [6.07, 6.45) is 3.55. The molecule has 0 radical (unpaired) electrons. The molecule has 0 unspecified atom stereocenters. The largest absolute Gasteiger partial charge is 0.478 e. The number of aromatic nitrogens is 3. The summed E-state index contributed by atoms with van der Waals surface area (Å²) >= 11 is 0. The highest BCUT2D eigenvalue weighted by Crippen LogP contribution is 2.42. The van der Waals surface area contributed by atoms with Crippen LogP contribution in [0, 0.1) is 28.4 Å². The maximum atomic E-state index is 15.5. The van der Waals surface area contributed by atoms with Gasteiger partial charge in [-0.25, -0.2) is 23.5 Å². The van der Waals surface area contributed by atoms with E-state index in [9.17, 15) is 14.3 Å². The Hall–Kier alpha value is -5.10. The maximum absolute atomic E-state index is 15.5. The van der Waals surface area contributed by atoms with Gasteiger partial charge >= 0.3 is 5.97 Å². The molecular formula is C34H28F2N4O3. The van der Waals surface area contributed by atoms with Crippen LogP contribution in [0.1, 0.15) is 59.1 Å². The number of imidazole rings is 1. The van der Waals surface area contributed by atoms with E-state index in [1.54, 1.807) is 42.5 Å². The molecule has 5 aromatic rings. The molecule has 43 heavy (non-hydrogen) atoms. The zero-order valence-corrected chi connectivity index (χ0v) is 23.5. The molecule has 0 bridgehead atoms. The molecule has 2 aromatic heterocycles. The van der Waals surface area contributed by atoms with Crippen LogP contribution >= 0.6 is 0 Å². The Bertz CT molecular complexity index is 1910. The van der Waals surface area contributed by atoms with E-state index in [0.29, 0.717) is 34.7 Å². The number of benzene rings is 3. The summed E-state index contributed by atoms with van der Waals surface area (Å²) in [5.74, 6) is -1.02. The number of hydrogen-bond donors (Lipinski definition) is 1. The number of aromatic carboxylic acids is 1. The van der Waals surface area contributed by atoms with Crippen LogP contribution in [0.4, 0.5) is 8.78 Å². The first-order valence-corrected chi connectivity index (χ1v) is 14.0. The van der Waals surface area contributed by atoms with E-state index in [4.69, 9.17) is 15.0 Å². The van der Waals surface area contributed by atoms with E-state index in [1.807, 2.05) is 10.6 Å². The molecule has 0 atom stereocenters. The topological polar surface area (TPSA) is 101 Å². The molecule has 2 heterocycles. The molecule has 1 aliphatic carbocycles. The van der Waals surface area contributed by atoms with Crippen LogP contribution in [0.15, 0.2) is 72.8 Å². The monoisotopic (exact) mass is 578 g/mol. The second-order valence-corrected chi connectivity index (χ2v) is 11.3. The van der Waals surface area contributed by atoms with Crippen molar-refractivity contribution in [1.29, 1.82) is 5.26 Å². The van der Waals surface area contributed by atoms with E-state index >= 15 is 4.39 Å².